The molecule has 0 aliphatic carbocycles. The van der Waals surface area contributed by atoms with Gasteiger partial charge in [0.15, 0.2) is 0 Å². The Hall–Kier alpha value is -2.16. The summed E-state index contributed by atoms with van der Waals surface area (Å²) in [5.74, 6) is 1.85. The van der Waals surface area contributed by atoms with Crippen LogP contribution in [-0.4, -0.2) is 13.7 Å². The Morgan fingerprint density at radius 3 is 2.38 bits per heavy atom. The zero-order valence-electron chi connectivity index (χ0n) is 14.9. The molecular weight excluding hydrogens is 298 g/mol. The van der Waals surface area contributed by atoms with Gasteiger partial charge in [-0.05, 0) is 36.8 Å². The molecule has 0 radical (unpaired) electrons. The van der Waals surface area contributed by atoms with E-state index in [-0.39, 0.29) is 0 Å². The summed E-state index contributed by atoms with van der Waals surface area (Å²) in [6, 6.07) is 16.2. The Morgan fingerprint density at radius 2 is 1.62 bits per heavy atom. The molecule has 0 bridgehead atoms. The Morgan fingerprint density at radius 1 is 0.875 bits per heavy atom. The van der Waals surface area contributed by atoms with Gasteiger partial charge >= 0.3 is 0 Å². The van der Waals surface area contributed by atoms with Crippen LogP contribution in [0.1, 0.15) is 44.6 Å². The molecule has 0 aromatic heterocycles. The highest BCUT2D eigenvalue weighted by atomic mass is 16.5. The average molecular weight is 327 g/mol. The summed E-state index contributed by atoms with van der Waals surface area (Å²) in [5, 5.41) is 3.42. The Kier molecular flexibility index (Phi) is 8.02. The van der Waals surface area contributed by atoms with Crippen LogP contribution in [0.25, 0.3) is 0 Å². The number of rotatable bonds is 11. The molecule has 2 aromatic carbocycles. The zero-order chi connectivity index (χ0) is 17.0. The summed E-state index contributed by atoms with van der Waals surface area (Å²) < 4.78 is 11.2. The van der Waals surface area contributed by atoms with Crippen LogP contribution in [0.3, 0.4) is 0 Å². The molecule has 2 rings (SSSR count). The number of hydrogen-bond donors (Lipinski definition) is 1. The lowest BCUT2D eigenvalue weighted by Gasteiger charge is -2.11. The molecule has 0 heterocycles. The van der Waals surface area contributed by atoms with Gasteiger partial charge in [0.2, 0.25) is 0 Å². The molecule has 3 nitrogen and oxygen atoms in total. The highest BCUT2D eigenvalue weighted by molar-refractivity contribution is 5.47. The molecule has 0 unspecified atom stereocenters. The van der Waals surface area contributed by atoms with Crippen LogP contribution in [0.15, 0.2) is 48.5 Å². The van der Waals surface area contributed by atoms with Crippen LogP contribution < -0.4 is 14.8 Å². The van der Waals surface area contributed by atoms with Gasteiger partial charge in [0.1, 0.15) is 11.5 Å². The summed E-state index contributed by atoms with van der Waals surface area (Å²) in [6.45, 7) is 3.78. The van der Waals surface area contributed by atoms with Gasteiger partial charge in [-0.3, -0.25) is 0 Å². The Balaban J connectivity index is 1.73. The lowest BCUT2D eigenvalue weighted by atomic mass is 10.2. The molecule has 0 saturated carbocycles. The van der Waals surface area contributed by atoms with Crippen molar-refractivity contribution in [3.63, 3.8) is 0 Å². The molecule has 0 amide bonds. The van der Waals surface area contributed by atoms with Gasteiger partial charge in [0.25, 0.3) is 0 Å². The fourth-order valence-electron chi connectivity index (χ4n) is 2.61. The maximum Gasteiger partial charge on any atom is 0.123 e. The number of unbranched alkanes of at least 4 members (excludes halogenated alkanes) is 4. The maximum absolute atomic E-state index is 5.79. The number of nitrogens with one attached hydrogen (secondary N) is 1. The number of hydrogen-bond acceptors (Lipinski definition) is 3. The van der Waals surface area contributed by atoms with Gasteiger partial charge < -0.3 is 14.8 Å². The van der Waals surface area contributed by atoms with Gasteiger partial charge in [-0.15, -0.1) is 0 Å². The highest BCUT2D eigenvalue weighted by Gasteiger charge is 2.01. The van der Waals surface area contributed by atoms with E-state index in [1.165, 1.54) is 25.7 Å². The summed E-state index contributed by atoms with van der Waals surface area (Å²) in [4.78, 5) is 0. The molecule has 3 heteroatoms. The van der Waals surface area contributed by atoms with Gasteiger partial charge in [-0.1, -0.05) is 50.8 Å². The van der Waals surface area contributed by atoms with Crippen molar-refractivity contribution in [2.24, 2.45) is 0 Å². The molecule has 0 saturated heterocycles. The van der Waals surface area contributed by atoms with Crippen molar-refractivity contribution >= 4 is 5.69 Å². The molecule has 1 N–H and O–H groups in total. The van der Waals surface area contributed by atoms with E-state index in [4.69, 9.17) is 9.47 Å². The van der Waals surface area contributed by atoms with Crippen LogP contribution in [0.5, 0.6) is 11.5 Å². The van der Waals surface area contributed by atoms with Crippen molar-refractivity contribution in [3.05, 3.63) is 54.1 Å². The van der Waals surface area contributed by atoms with Crippen LogP contribution in [0, 0.1) is 0 Å². The third-order valence-electron chi connectivity index (χ3n) is 4.05. The average Bonchev–Trinajstić information content (AvgIpc) is 2.64. The van der Waals surface area contributed by atoms with Gasteiger partial charge in [0, 0.05) is 17.8 Å². The zero-order valence-corrected chi connectivity index (χ0v) is 14.9. The first kappa shape index (κ1) is 18.2. The predicted molar refractivity (Wildman–Crippen MR) is 101 cm³/mol. The smallest absolute Gasteiger partial charge is 0.123 e. The highest BCUT2D eigenvalue weighted by Crippen LogP contribution is 2.20. The normalized spacial score (nSPS) is 10.4. The van der Waals surface area contributed by atoms with Crippen molar-refractivity contribution in [3.8, 4) is 11.5 Å². The lowest BCUT2D eigenvalue weighted by Crippen LogP contribution is -2.02. The summed E-state index contributed by atoms with van der Waals surface area (Å²) >= 11 is 0. The number of methoxy groups -OCH3 is 1. The van der Waals surface area contributed by atoms with Gasteiger partial charge in [-0.2, -0.15) is 0 Å². The van der Waals surface area contributed by atoms with Crippen LogP contribution >= 0.6 is 0 Å². The van der Waals surface area contributed by atoms with Crippen molar-refractivity contribution in [2.75, 3.05) is 19.0 Å². The van der Waals surface area contributed by atoms with E-state index in [1.807, 2.05) is 30.3 Å². The molecule has 0 fully saturated rings. The largest absolute Gasteiger partial charge is 0.496 e. The second kappa shape index (κ2) is 10.6. The number of para-hydroxylation sites is 1. The second-order valence-electron chi connectivity index (χ2n) is 5.95. The van der Waals surface area contributed by atoms with E-state index >= 15 is 0 Å². The molecule has 0 spiro atoms. The first-order valence-corrected chi connectivity index (χ1v) is 8.92. The van der Waals surface area contributed by atoms with E-state index in [1.54, 1.807) is 7.11 Å². The minimum atomic E-state index is 0.738. The molecule has 0 aliphatic heterocycles. The maximum atomic E-state index is 5.79. The van der Waals surface area contributed by atoms with E-state index in [2.05, 4.69) is 30.4 Å². The minimum Gasteiger partial charge on any atom is -0.496 e. The lowest BCUT2D eigenvalue weighted by molar-refractivity contribution is 0.304. The third-order valence-corrected chi connectivity index (χ3v) is 4.05. The summed E-state index contributed by atoms with van der Waals surface area (Å²) in [5.41, 5.74) is 2.23. The van der Waals surface area contributed by atoms with E-state index < -0.39 is 0 Å². The van der Waals surface area contributed by atoms with Gasteiger partial charge in [-0.25, -0.2) is 0 Å². The fraction of sp³-hybridized carbons (Fsp3) is 0.429. The van der Waals surface area contributed by atoms with Crippen molar-refractivity contribution < 1.29 is 9.47 Å². The molecule has 2 aromatic rings. The second-order valence-corrected chi connectivity index (χ2v) is 5.95. The van der Waals surface area contributed by atoms with Crippen LogP contribution in [-0.2, 0) is 6.54 Å². The van der Waals surface area contributed by atoms with E-state index in [0.717, 1.165) is 42.3 Å². The van der Waals surface area contributed by atoms with Crippen LogP contribution in [0.2, 0.25) is 0 Å². The summed E-state index contributed by atoms with van der Waals surface area (Å²) in [6.07, 6.45) is 6.31. The Bertz CT molecular complexity index is 581. The molecule has 0 atom stereocenters. The molecule has 24 heavy (non-hydrogen) atoms. The minimum absolute atomic E-state index is 0.738. The van der Waals surface area contributed by atoms with Gasteiger partial charge in [0.05, 0.1) is 13.7 Å². The quantitative estimate of drug-likeness (QED) is 0.540. The standard InChI is InChI=1S/C21H29NO2/c1-3-4-5-6-9-16-24-20-14-12-19(13-15-20)22-17-18-10-7-8-11-21(18)23-2/h7-8,10-15,22H,3-6,9,16-17H2,1-2H3. The molecule has 130 valence electrons. The van der Waals surface area contributed by atoms with E-state index in [9.17, 15) is 0 Å². The SMILES string of the molecule is CCCCCCCOc1ccc(NCc2ccccc2OC)cc1. The van der Waals surface area contributed by atoms with Crippen molar-refractivity contribution in [1.82, 2.24) is 0 Å². The predicted octanol–water partition coefficient (Wildman–Crippen LogP) is 5.66. The molecular formula is C21H29NO2. The first-order valence-electron chi connectivity index (χ1n) is 8.92. The number of benzene rings is 2. The number of ether oxygens (including phenoxy) is 2. The van der Waals surface area contributed by atoms with Crippen molar-refractivity contribution in [2.45, 2.75) is 45.6 Å². The third kappa shape index (κ3) is 6.15. The molecule has 0 aliphatic rings. The fourth-order valence-corrected chi connectivity index (χ4v) is 2.61. The van der Waals surface area contributed by atoms with Crippen molar-refractivity contribution in [1.29, 1.82) is 0 Å². The first-order chi connectivity index (χ1) is 11.8. The monoisotopic (exact) mass is 327 g/mol. The summed E-state index contributed by atoms with van der Waals surface area (Å²) in [7, 11) is 1.70. The number of anilines is 1. The van der Waals surface area contributed by atoms with E-state index in [0.29, 0.717) is 0 Å². The Labute approximate surface area is 146 Å². The topological polar surface area (TPSA) is 30.5 Å². The van der Waals surface area contributed by atoms with Crippen LogP contribution in [0.4, 0.5) is 5.69 Å².